The van der Waals surface area contributed by atoms with E-state index in [1.165, 1.54) is 10.9 Å². The average Bonchev–Trinajstić information content (AvgIpc) is 2.86. The molecule has 146 valence electrons. The Morgan fingerprint density at radius 2 is 1.96 bits per heavy atom. The molecule has 0 aliphatic rings. The second kappa shape index (κ2) is 7.92. The Hall–Kier alpha value is -1.67. The van der Waals surface area contributed by atoms with Gasteiger partial charge in [-0.1, -0.05) is 0 Å². The van der Waals surface area contributed by atoms with Crippen LogP contribution in [0, 0.1) is 0 Å². The third-order valence-electron chi connectivity index (χ3n) is 2.76. The molecule has 0 radical (unpaired) electrons. The summed E-state index contributed by atoms with van der Waals surface area (Å²) in [5.74, 6) is -0.136. The molecule has 0 bridgehead atoms. The maximum atomic E-state index is 11.7. The molecule has 2 rings (SSSR count). The predicted molar refractivity (Wildman–Crippen MR) is 83.4 cm³/mol. The van der Waals surface area contributed by atoms with E-state index in [0.717, 1.165) is 0 Å². The Bertz CT molecular complexity index is 915. The van der Waals surface area contributed by atoms with Crippen LogP contribution in [0.15, 0.2) is 11.1 Å². The molecule has 0 aliphatic heterocycles. The maximum Gasteiger partial charge on any atom is 0.472 e. The number of phosphoric acid groups is 2. The number of fused-ring (bicyclic) bond motifs is 1. The SMILES string of the molecule is Nc1nc2c(ncn2CCOC(COP(=O)(O)O)OP(=O)(O)O)c(=O)[nH]1. The molecule has 17 heteroatoms. The number of aromatic nitrogens is 4. The summed E-state index contributed by atoms with van der Waals surface area (Å²) in [6.07, 6.45) is -0.500. The second-order valence-electron chi connectivity index (χ2n) is 4.74. The molecular weight excluding hydrogens is 400 g/mol. The first-order valence-corrected chi connectivity index (χ1v) is 9.77. The Kier molecular flexibility index (Phi) is 6.29. The van der Waals surface area contributed by atoms with Gasteiger partial charge in [-0.15, -0.1) is 0 Å². The lowest BCUT2D eigenvalue weighted by Crippen LogP contribution is -2.24. The first-order chi connectivity index (χ1) is 11.9. The van der Waals surface area contributed by atoms with Gasteiger partial charge in [0.1, 0.15) is 6.61 Å². The molecule has 1 atom stereocenters. The Morgan fingerprint density at radius 1 is 1.27 bits per heavy atom. The van der Waals surface area contributed by atoms with Crippen LogP contribution in [0.25, 0.3) is 11.2 Å². The van der Waals surface area contributed by atoms with Crippen LogP contribution >= 0.6 is 15.6 Å². The van der Waals surface area contributed by atoms with Crippen molar-refractivity contribution < 1.29 is 42.5 Å². The molecule has 2 heterocycles. The van der Waals surface area contributed by atoms with Gasteiger partial charge in [0.15, 0.2) is 17.5 Å². The highest BCUT2D eigenvalue weighted by Gasteiger charge is 2.26. The summed E-state index contributed by atoms with van der Waals surface area (Å²) in [4.78, 5) is 56.5. The van der Waals surface area contributed by atoms with E-state index in [1.54, 1.807) is 0 Å². The number of hydrogen-bond donors (Lipinski definition) is 6. The fraction of sp³-hybridized carbons (Fsp3) is 0.444. The summed E-state index contributed by atoms with van der Waals surface area (Å²) >= 11 is 0. The van der Waals surface area contributed by atoms with E-state index in [4.69, 9.17) is 30.0 Å². The summed E-state index contributed by atoms with van der Waals surface area (Å²) in [5.41, 5.74) is 5.06. The highest BCUT2D eigenvalue weighted by atomic mass is 31.2. The minimum absolute atomic E-state index is 0.00330. The van der Waals surface area contributed by atoms with E-state index in [2.05, 4.69) is 24.0 Å². The minimum Gasteiger partial charge on any atom is -0.369 e. The van der Waals surface area contributed by atoms with Crippen molar-refractivity contribution in [2.45, 2.75) is 12.8 Å². The Morgan fingerprint density at radius 3 is 2.58 bits per heavy atom. The zero-order valence-corrected chi connectivity index (χ0v) is 14.6. The molecule has 0 spiro atoms. The number of anilines is 1. The lowest BCUT2D eigenvalue weighted by molar-refractivity contribution is -0.117. The summed E-state index contributed by atoms with van der Waals surface area (Å²) in [7, 11) is -9.91. The molecule has 1 unspecified atom stereocenters. The molecule has 26 heavy (non-hydrogen) atoms. The zero-order valence-electron chi connectivity index (χ0n) is 12.8. The molecular formula is C9H15N5O10P2. The topological polar surface area (TPSA) is 232 Å². The van der Waals surface area contributed by atoms with Gasteiger partial charge in [-0.25, -0.2) is 14.1 Å². The molecule has 2 aromatic heterocycles. The van der Waals surface area contributed by atoms with Crippen molar-refractivity contribution in [2.24, 2.45) is 0 Å². The van der Waals surface area contributed by atoms with Crippen molar-refractivity contribution in [2.75, 3.05) is 18.9 Å². The van der Waals surface area contributed by atoms with Crippen molar-refractivity contribution in [1.29, 1.82) is 0 Å². The zero-order chi connectivity index (χ0) is 19.5. The third-order valence-corrected chi connectivity index (χ3v) is 3.76. The van der Waals surface area contributed by atoms with Crippen LogP contribution in [0.3, 0.4) is 0 Å². The Labute approximate surface area is 144 Å². The number of aromatic amines is 1. The number of phosphoric ester groups is 2. The van der Waals surface area contributed by atoms with E-state index in [9.17, 15) is 13.9 Å². The number of imidazole rings is 1. The van der Waals surface area contributed by atoms with Gasteiger partial charge in [0.25, 0.3) is 5.56 Å². The van der Waals surface area contributed by atoms with E-state index in [1.807, 2.05) is 0 Å². The second-order valence-corrected chi connectivity index (χ2v) is 7.18. The number of rotatable bonds is 9. The predicted octanol–water partition coefficient (Wildman–Crippen LogP) is -1.74. The standard InChI is InChI=1S/C9H15N5O10P2/c10-9-12-7-6(8(15)13-9)11-4-14(7)1-2-22-5(24-26(19,20)21)3-23-25(16,17)18/h4-5H,1-3H2,(H2,16,17,18)(H2,19,20,21)(H3,10,12,13,15). The van der Waals surface area contributed by atoms with Crippen LogP contribution in [0.5, 0.6) is 0 Å². The molecule has 7 N–H and O–H groups in total. The van der Waals surface area contributed by atoms with Crippen LogP contribution in [-0.2, 0) is 29.5 Å². The Balaban J connectivity index is 2.03. The summed E-state index contributed by atoms with van der Waals surface area (Å²) in [6, 6.07) is 0. The van der Waals surface area contributed by atoms with E-state index in [-0.39, 0.29) is 30.3 Å². The normalized spacial score (nSPS) is 14.0. The monoisotopic (exact) mass is 415 g/mol. The van der Waals surface area contributed by atoms with Gasteiger partial charge in [0.05, 0.1) is 12.9 Å². The summed E-state index contributed by atoms with van der Waals surface area (Å²) in [5, 5.41) is 0. The lowest BCUT2D eigenvalue weighted by atomic mass is 10.5. The van der Waals surface area contributed by atoms with Crippen molar-refractivity contribution in [1.82, 2.24) is 19.5 Å². The van der Waals surface area contributed by atoms with Crippen LogP contribution in [-0.4, -0.2) is 58.6 Å². The number of ether oxygens (including phenoxy) is 1. The van der Waals surface area contributed by atoms with Gasteiger partial charge >= 0.3 is 15.6 Å². The first-order valence-electron chi connectivity index (χ1n) is 6.71. The fourth-order valence-electron chi connectivity index (χ4n) is 1.84. The molecule has 0 saturated carbocycles. The van der Waals surface area contributed by atoms with Gasteiger partial charge in [-0.3, -0.25) is 18.8 Å². The molecule has 0 saturated heterocycles. The van der Waals surface area contributed by atoms with E-state index < -0.39 is 34.1 Å². The molecule has 0 aromatic carbocycles. The molecule has 0 amide bonds. The molecule has 0 fully saturated rings. The molecule has 0 aliphatic carbocycles. The summed E-state index contributed by atoms with van der Waals surface area (Å²) < 4.78 is 36.3. The smallest absolute Gasteiger partial charge is 0.369 e. The van der Waals surface area contributed by atoms with Crippen molar-refractivity contribution in [3.8, 4) is 0 Å². The quantitative estimate of drug-likeness (QED) is 0.197. The highest BCUT2D eigenvalue weighted by molar-refractivity contribution is 7.46. The lowest BCUT2D eigenvalue weighted by Gasteiger charge is -2.19. The highest BCUT2D eigenvalue weighted by Crippen LogP contribution is 2.40. The van der Waals surface area contributed by atoms with E-state index >= 15 is 0 Å². The number of nitrogen functional groups attached to an aromatic ring is 1. The van der Waals surface area contributed by atoms with Crippen molar-refractivity contribution >= 4 is 32.8 Å². The first kappa shape index (κ1) is 20.6. The largest absolute Gasteiger partial charge is 0.472 e. The van der Waals surface area contributed by atoms with E-state index in [0.29, 0.717) is 0 Å². The van der Waals surface area contributed by atoms with Gasteiger partial charge in [-0.05, 0) is 0 Å². The van der Waals surface area contributed by atoms with Crippen LogP contribution in [0.4, 0.5) is 5.95 Å². The van der Waals surface area contributed by atoms with Crippen LogP contribution < -0.4 is 11.3 Å². The van der Waals surface area contributed by atoms with Gasteiger partial charge < -0.3 is 34.6 Å². The van der Waals surface area contributed by atoms with Crippen LogP contribution in [0.1, 0.15) is 0 Å². The van der Waals surface area contributed by atoms with Crippen molar-refractivity contribution in [3.05, 3.63) is 16.7 Å². The molecule has 2 aromatic rings. The third kappa shape index (κ3) is 6.25. The van der Waals surface area contributed by atoms with Gasteiger partial charge in [0.2, 0.25) is 5.95 Å². The number of nitrogens with zero attached hydrogens (tertiary/aromatic N) is 3. The number of nitrogens with one attached hydrogen (secondary N) is 1. The number of hydrogen-bond acceptors (Lipinski definition) is 9. The van der Waals surface area contributed by atoms with Gasteiger partial charge in [-0.2, -0.15) is 4.98 Å². The van der Waals surface area contributed by atoms with Crippen molar-refractivity contribution in [3.63, 3.8) is 0 Å². The van der Waals surface area contributed by atoms with Gasteiger partial charge in [0, 0.05) is 6.54 Å². The fourth-order valence-corrected chi connectivity index (χ4v) is 2.58. The number of nitrogens with two attached hydrogens (primary N) is 1. The van der Waals surface area contributed by atoms with Crippen LogP contribution in [0.2, 0.25) is 0 Å². The minimum atomic E-state index is -5.01. The number of H-pyrrole nitrogens is 1. The summed E-state index contributed by atoms with van der Waals surface area (Å²) in [6.45, 7) is -1.19. The molecule has 15 nitrogen and oxygen atoms in total. The average molecular weight is 415 g/mol. The maximum absolute atomic E-state index is 11.7.